The highest BCUT2D eigenvalue weighted by molar-refractivity contribution is 7.58. The number of hydrogen-bond acceptors (Lipinski definition) is 3. The Bertz CT molecular complexity index is 238. The van der Waals surface area contributed by atoms with Crippen molar-refractivity contribution in [3.8, 4) is 0 Å². The van der Waals surface area contributed by atoms with E-state index in [4.69, 9.17) is 9.79 Å². The SMILES string of the molecule is CC=C(C(=O)OCC)P(=O)(O)O. The summed E-state index contributed by atoms with van der Waals surface area (Å²) in [6.45, 7) is 3.02. The fourth-order valence-electron chi connectivity index (χ4n) is 0.610. The number of rotatable bonds is 3. The molecule has 2 N–H and O–H groups in total. The van der Waals surface area contributed by atoms with E-state index in [2.05, 4.69) is 4.74 Å². The number of carbonyl (C=O) groups is 1. The summed E-state index contributed by atoms with van der Waals surface area (Å²) in [5.41, 5.74) is 0. The number of hydrogen-bond donors (Lipinski definition) is 2. The lowest BCUT2D eigenvalue weighted by Crippen LogP contribution is -2.07. The minimum Gasteiger partial charge on any atom is -0.462 e. The zero-order valence-corrected chi connectivity index (χ0v) is 7.75. The van der Waals surface area contributed by atoms with Gasteiger partial charge in [0.1, 0.15) is 5.31 Å². The molecule has 0 aromatic rings. The van der Waals surface area contributed by atoms with E-state index in [9.17, 15) is 9.36 Å². The average molecular weight is 194 g/mol. The standard InChI is InChI=1S/C6H11O5P/c1-3-5(12(8,9)10)6(7)11-4-2/h3H,4H2,1-2H3,(H2,8,9,10). The fourth-order valence-corrected chi connectivity index (χ4v) is 1.25. The first-order chi connectivity index (χ1) is 5.43. The molecule has 0 atom stereocenters. The molecule has 0 bridgehead atoms. The maximum Gasteiger partial charge on any atom is 0.363 e. The molecule has 70 valence electrons. The molecule has 0 heterocycles. The molecule has 5 nitrogen and oxygen atoms in total. The van der Waals surface area contributed by atoms with Crippen LogP contribution in [-0.2, 0) is 14.1 Å². The van der Waals surface area contributed by atoms with Crippen molar-refractivity contribution in [2.45, 2.75) is 13.8 Å². The van der Waals surface area contributed by atoms with Crippen LogP contribution in [0.1, 0.15) is 13.8 Å². The van der Waals surface area contributed by atoms with Crippen molar-refractivity contribution in [3.05, 3.63) is 11.4 Å². The van der Waals surface area contributed by atoms with Gasteiger partial charge < -0.3 is 14.5 Å². The highest BCUT2D eigenvalue weighted by Crippen LogP contribution is 2.45. The van der Waals surface area contributed by atoms with Gasteiger partial charge in [-0.3, -0.25) is 4.57 Å². The Morgan fingerprint density at radius 1 is 1.58 bits per heavy atom. The predicted molar refractivity (Wildman–Crippen MR) is 42.4 cm³/mol. The maximum atomic E-state index is 10.8. The number of allylic oxidation sites excluding steroid dienone is 1. The van der Waals surface area contributed by atoms with Crippen LogP contribution in [0.4, 0.5) is 0 Å². The van der Waals surface area contributed by atoms with Gasteiger partial charge in [0, 0.05) is 0 Å². The Balaban J connectivity index is 4.61. The van der Waals surface area contributed by atoms with Gasteiger partial charge in [0.25, 0.3) is 0 Å². The molecule has 0 rings (SSSR count). The van der Waals surface area contributed by atoms with Crippen LogP contribution >= 0.6 is 7.60 Å². The van der Waals surface area contributed by atoms with E-state index in [0.717, 1.165) is 6.08 Å². The molecule has 0 aromatic carbocycles. The van der Waals surface area contributed by atoms with Gasteiger partial charge >= 0.3 is 13.6 Å². The summed E-state index contributed by atoms with van der Waals surface area (Å²) in [6.07, 6.45) is 1.05. The van der Waals surface area contributed by atoms with E-state index in [1.807, 2.05) is 0 Å². The lowest BCUT2D eigenvalue weighted by Gasteiger charge is -2.06. The fraction of sp³-hybridized carbons (Fsp3) is 0.500. The third-order valence-electron chi connectivity index (χ3n) is 1.07. The molecular weight excluding hydrogens is 183 g/mol. The molecule has 0 unspecified atom stereocenters. The summed E-state index contributed by atoms with van der Waals surface area (Å²) in [5.74, 6) is -0.965. The highest BCUT2D eigenvalue weighted by Gasteiger charge is 2.27. The molecule has 0 saturated carbocycles. The molecule has 0 amide bonds. The highest BCUT2D eigenvalue weighted by atomic mass is 31.2. The summed E-state index contributed by atoms with van der Waals surface area (Å²) in [5, 5.41) is -0.593. The van der Waals surface area contributed by atoms with Gasteiger partial charge in [-0.05, 0) is 13.8 Å². The van der Waals surface area contributed by atoms with Gasteiger partial charge in [0.15, 0.2) is 0 Å². The smallest absolute Gasteiger partial charge is 0.363 e. The topological polar surface area (TPSA) is 83.8 Å². The molecule has 0 radical (unpaired) electrons. The first kappa shape index (κ1) is 11.4. The zero-order valence-electron chi connectivity index (χ0n) is 6.85. The van der Waals surface area contributed by atoms with Gasteiger partial charge in [-0.1, -0.05) is 6.08 Å². The van der Waals surface area contributed by atoms with E-state index in [1.54, 1.807) is 6.92 Å². The summed E-state index contributed by atoms with van der Waals surface area (Å²) in [6, 6.07) is 0. The van der Waals surface area contributed by atoms with Crippen LogP contribution in [0.15, 0.2) is 11.4 Å². The van der Waals surface area contributed by atoms with Crippen LogP contribution < -0.4 is 0 Å². The Morgan fingerprint density at radius 3 is 2.33 bits per heavy atom. The monoisotopic (exact) mass is 194 g/mol. The lowest BCUT2D eigenvalue weighted by atomic mass is 10.5. The van der Waals surface area contributed by atoms with E-state index in [0.29, 0.717) is 0 Å². The van der Waals surface area contributed by atoms with Crippen LogP contribution in [0.3, 0.4) is 0 Å². The molecule has 12 heavy (non-hydrogen) atoms. The Hall–Kier alpha value is -0.640. The predicted octanol–water partition coefficient (Wildman–Crippen LogP) is 0.631. The van der Waals surface area contributed by atoms with Crippen molar-refractivity contribution in [1.29, 1.82) is 0 Å². The third kappa shape index (κ3) is 3.17. The summed E-state index contributed by atoms with van der Waals surface area (Å²) >= 11 is 0. The van der Waals surface area contributed by atoms with Gasteiger partial charge in [0.05, 0.1) is 6.61 Å². The maximum absolute atomic E-state index is 10.8. The van der Waals surface area contributed by atoms with Crippen molar-refractivity contribution in [2.24, 2.45) is 0 Å². The minimum atomic E-state index is -4.48. The molecule has 0 aromatic heterocycles. The Kier molecular flexibility index (Phi) is 4.17. The second-order valence-corrected chi connectivity index (χ2v) is 3.51. The first-order valence-corrected chi connectivity index (χ1v) is 4.94. The van der Waals surface area contributed by atoms with Gasteiger partial charge in [-0.25, -0.2) is 4.79 Å². The lowest BCUT2D eigenvalue weighted by molar-refractivity contribution is -0.137. The van der Waals surface area contributed by atoms with E-state index in [-0.39, 0.29) is 6.61 Å². The molecule has 0 aliphatic rings. The average Bonchev–Trinajstić information content (AvgIpc) is 1.85. The van der Waals surface area contributed by atoms with Crippen LogP contribution in [-0.4, -0.2) is 22.4 Å². The second-order valence-electron chi connectivity index (χ2n) is 1.94. The second kappa shape index (κ2) is 4.40. The zero-order chi connectivity index (χ0) is 9.78. The van der Waals surface area contributed by atoms with Crippen LogP contribution in [0.2, 0.25) is 0 Å². The summed E-state index contributed by atoms with van der Waals surface area (Å²) < 4.78 is 15.0. The van der Waals surface area contributed by atoms with Gasteiger partial charge in [-0.2, -0.15) is 0 Å². The van der Waals surface area contributed by atoms with Crippen molar-refractivity contribution >= 4 is 13.6 Å². The minimum absolute atomic E-state index is 0.0934. The molecule has 6 heteroatoms. The van der Waals surface area contributed by atoms with E-state index in [1.165, 1.54) is 6.92 Å². The van der Waals surface area contributed by atoms with E-state index < -0.39 is 18.9 Å². The Labute approximate surface area is 70.2 Å². The van der Waals surface area contributed by atoms with Gasteiger partial charge in [-0.15, -0.1) is 0 Å². The molecule has 0 aliphatic heterocycles. The van der Waals surface area contributed by atoms with Crippen molar-refractivity contribution < 1.29 is 23.9 Å². The molecule has 0 saturated heterocycles. The molecule has 0 spiro atoms. The number of carbonyl (C=O) groups excluding carboxylic acids is 1. The van der Waals surface area contributed by atoms with Crippen molar-refractivity contribution in [2.75, 3.05) is 6.61 Å². The molecule has 0 fully saturated rings. The van der Waals surface area contributed by atoms with Crippen LogP contribution in [0.25, 0.3) is 0 Å². The van der Waals surface area contributed by atoms with E-state index >= 15 is 0 Å². The number of ether oxygens (including phenoxy) is 1. The Morgan fingerprint density at radius 2 is 2.08 bits per heavy atom. The van der Waals surface area contributed by atoms with Crippen molar-refractivity contribution in [3.63, 3.8) is 0 Å². The normalized spacial score (nSPS) is 12.8. The van der Waals surface area contributed by atoms with Crippen LogP contribution in [0, 0.1) is 0 Å². The quantitative estimate of drug-likeness (QED) is 0.391. The third-order valence-corrected chi connectivity index (χ3v) is 2.14. The largest absolute Gasteiger partial charge is 0.462 e. The first-order valence-electron chi connectivity index (χ1n) is 3.33. The molecule has 0 aliphatic carbocycles. The summed E-state index contributed by atoms with van der Waals surface area (Å²) in [7, 11) is -4.48. The molecular formula is C6H11O5P. The number of esters is 1. The van der Waals surface area contributed by atoms with Crippen molar-refractivity contribution in [1.82, 2.24) is 0 Å². The van der Waals surface area contributed by atoms with Crippen LogP contribution in [0.5, 0.6) is 0 Å². The van der Waals surface area contributed by atoms with Gasteiger partial charge in [0.2, 0.25) is 0 Å². The summed E-state index contributed by atoms with van der Waals surface area (Å²) in [4.78, 5) is 28.1.